The van der Waals surface area contributed by atoms with Crippen LogP contribution >= 0.6 is 11.3 Å². The number of hydrogen-bond acceptors (Lipinski definition) is 5. The van der Waals surface area contributed by atoms with Gasteiger partial charge in [0.1, 0.15) is 16.6 Å². The molecular weight excluding hydrogens is 422 g/mol. The van der Waals surface area contributed by atoms with Crippen LogP contribution in [0, 0.1) is 18.3 Å². The fourth-order valence-corrected chi connectivity index (χ4v) is 4.80. The van der Waals surface area contributed by atoms with E-state index in [0.717, 1.165) is 38.3 Å². The molecule has 0 saturated heterocycles. The summed E-state index contributed by atoms with van der Waals surface area (Å²) < 4.78 is 4.96. The minimum absolute atomic E-state index is 0.301. The summed E-state index contributed by atoms with van der Waals surface area (Å²) in [6, 6.07) is 15.7. The lowest BCUT2D eigenvalue weighted by molar-refractivity contribution is 0.0702. The quantitative estimate of drug-likeness (QED) is 0.421. The minimum Gasteiger partial charge on any atom is -0.477 e. The summed E-state index contributed by atoms with van der Waals surface area (Å²) >= 11 is 1.26. The molecule has 5 aromatic rings. The molecule has 7 nitrogen and oxygen atoms in total. The second-order valence-electron chi connectivity index (χ2n) is 7.41. The first-order valence-electron chi connectivity index (χ1n) is 9.84. The Balaban J connectivity index is 1.65. The van der Waals surface area contributed by atoms with Gasteiger partial charge in [0, 0.05) is 36.4 Å². The number of aromatic carboxylic acids is 1. The summed E-state index contributed by atoms with van der Waals surface area (Å²) in [7, 11) is 0. The normalized spacial score (nSPS) is 11.0. The molecule has 0 aliphatic carbocycles. The van der Waals surface area contributed by atoms with Crippen LogP contribution in [0.3, 0.4) is 0 Å². The Bertz CT molecular complexity index is 1510. The molecule has 0 aliphatic rings. The first-order chi connectivity index (χ1) is 15.5. The van der Waals surface area contributed by atoms with Gasteiger partial charge in [-0.2, -0.15) is 5.26 Å². The van der Waals surface area contributed by atoms with Crippen molar-refractivity contribution in [2.24, 2.45) is 0 Å². The molecule has 0 bridgehead atoms. The number of nitrogens with zero attached hydrogens (tertiary/aromatic N) is 5. The van der Waals surface area contributed by atoms with E-state index in [1.807, 2.05) is 29.0 Å². The van der Waals surface area contributed by atoms with Crippen LogP contribution in [0.2, 0.25) is 0 Å². The largest absolute Gasteiger partial charge is 0.477 e. The van der Waals surface area contributed by atoms with Gasteiger partial charge >= 0.3 is 5.97 Å². The molecule has 0 amide bonds. The summed E-state index contributed by atoms with van der Waals surface area (Å²) in [5.74, 6) is -0.934. The van der Waals surface area contributed by atoms with Crippen LogP contribution in [0.4, 0.5) is 0 Å². The lowest BCUT2D eigenvalue weighted by Gasteiger charge is -2.14. The van der Waals surface area contributed by atoms with Crippen molar-refractivity contribution >= 4 is 27.5 Å². The van der Waals surface area contributed by atoms with E-state index in [-0.39, 0.29) is 0 Å². The summed E-state index contributed by atoms with van der Waals surface area (Å²) in [6.07, 6.45) is 7.02. The van der Waals surface area contributed by atoms with Crippen LogP contribution in [0.15, 0.2) is 67.4 Å². The van der Waals surface area contributed by atoms with Crippen LogP contribution in [0.25, 0.3) is 27.2 Å². The zero-order valence-electron chi connectivity index (χ0n) is 17.1. The van der Waals surface area contributed by atoms with Crippen LogP contribution in [-0.4, -0.2) is 30.2 Å². The average Bonchev–Trinajstić information content (AvgIpc) is 3.52. The first kappa shape index (κ1) is 19.7. The number of hydrogen-bond donors (Lipinski definition) is 1. The molecule has 0 radical (unpaired) electrons. The Hall–Kier alpha value is -4.22. The zero-order valence-corrected chi connectivity index (χ0v) is 17.9. The average molecular weight is 440 g/mol. The number of aryl methyl sites for hydroxylation is 1. The number of carbonyl (C=O) groups is 1. The maximum absolute atomic E-state index is 11.5. The Morgan fingerprint density at radius 2 is 2.06 bits per heavy atom. The van der Waals surface area contributed by atoms with Gasteiger partial charge in [0.25, 0.3) is 0 Å². The molecule has 1 aromatic carbocycles. The Kier molecular flexibility index (Phi) is 4.81. The SMILES string of the molecule is Cc1cc(-n2ccnc2)ccc1-c1cc2sc(C(=O)O)cc2n1Cc1ccnc(C#N)c1. The van der Waals surface area contributed by atoms with Crippen molar-refractivity contribution in [3.63, 3.8) is 0 Å². The van der Waals surface area contributed by atoms with Crippen molar-refractivity contribution in [1.82, 2.24) is 19.1 Å². The lowest BCUT2D eigenvalue weighted by atomic mass is 10.0. The Morgan fingerprint density at radius 3 is 2.78 bits per heavy atom. The number of thiophene rings is 1. The molecule has 0 unspecified atom stereocenters. The van der Waals surface area contributed by atoms with E-state index in [1.54, 1.807) is 30.9 Å². The third-order valence-electron chi connectivity index (χ3n) is 5.37. The summed E-state index contributed by atoms with van der Waals surface area (Å²) in [4.78, 5) is 20.0. The van der Waals surface area contributed by atoms with Crippen molar-refractivity contribution in [1.29, 1.82) is 5.26 Å². The van der Waals surface area contributed by atoms with Crippen molar-refractivity contribution in [2.75, 3.05) is 0 Å². The topological polar surface area (TPSA) is 96.7 Å². The maximum Gasteiger partial charge on any atom is 0.345 e. The van der Waals surface area contributed by atoms with E-state index in [4.69, 9.17) is 0 Å². The molecular formula is C24H17N5O2S. The molecule has 0 atom stereocenters. The van der Waals surface area contributed by atoms with Gasteiger partial charge in [-0.05, 0) is 54.4 Å². The van der Waals surface area contributed by atoms with E-state index < -0.39 is 5.97 Å². The number of rotatable bonds is 5. The van der Waals surface area contributed by atoms with Gasteiger partial charge in [-0.3, -0.25) is 0 Å². The predicted octanol–water partition coefficient (Wildman–Crippen LogP) is 4.88. The third-order valence-corrected chi connectivity index (χ3v) is 6.43. The summed E-state index contributed by atoms with van der Waals surface area (Å²) in [5, 5.41) is 18.7. The second kappa shape index (κ2) is 7.80. The molecule has 0 fully saturated rings. The molecule has 5 rings (SSSR count). The molecule has 32 heavy (non-hydrogen) atoms. The maximum atomic E-state index is 11.5. The number of imidazole rings is 1. The standard InChI is InChI=1S/C24H17N5O2S/c1-15-8-18(28-7-6-26-14-28)2-3-19(15)20-10-22-21(11-23(32-22)24(30)31)29(20)13-16-4-5-27-17(9-16)12-25/h2-11,14H,13H2,1H3,(H,30,31). The highest BCUT2D eigenvalue weighted by atomic mass is 32.1. The first-order valence-corrected chi connectivity index (χ1v) is 10.7. The molecule has 8 heteroatoms. The van der Waals surface area contributed by atoms with Gasteiger partial charge in [-0.1, -0.05) is 6.07 Å². The minimum atomic E-state index is -0.934. The number of carboxylic acid groups (broad SMARTS) is 1. The van der Waals surface area contributed by atoms with Crippen molar-refractivity contribution < 1.29 is 9.90 Å². The van der Waals surface area contributed by atoms with Gasteiger partial charge in [-0.15, -0.1) is 11.3 Å². The second-order valence-corrected chi connectivity index (χ2v) is 8.50. The van der Waals surface area contributed by atoms with Gasteiger partial charge in [0.15, 0.2) is 0 Å². The highest BCUT2D eigenvalue weighted by Gasteiger charge is 2.18. The number of carboxylic acids is 1. The molecule has 0 spiro atoms. The van der Waals surface area contributed by atoms with Crippen molar-refractivity contribution in [3.8, 4) is 23.0 Å². The molecule has 0 aliphatic heterocycles. The summed E-state index contributed by atoms with van der Waals surface area (Å²) in [5.41, 5.74) is 6.29. The fourth-order valence-electron chi connectivity index (χ4n) is 3.86. The Morgan fingerprint density at radius 1 is 1.19 bits per heavy atom. The van der Waals surface area contributed by atoms with E-state index in [1.165, 1.54) is 11.3 Å². The molecule has 1 N–H and O–H groups in total. The summed E-state index contributed by atoms with van der Waals surface area (Å²) in [6.45, 7) is 2.55. The van der Waals surface area contributed by atoms with Crippen LogP contribution < -0.4 is 0 Å². The zero-order chi connectivity index (χ0) is 22.2. The third kappa shape index (κ3) is 3.45. The molecule has 156 valence electrons. The van der Waals surface area contributed by atoms with Gasteiger partial charge in [-0.25, -0.2) is 14.8 Å². The van der Waals surface area contributed by atoms with Gasteiger partial charge in [0.05, 0.1) is 22.2 Å². The van der Waals surface area contributed by atoms with Crippen LogP contribution in [0.5, 0.6) is 0 Å². The number of aromatic nitrogens is 4. The van der Waals surface area contributed by atoms with Crippen molar-refractivity contribution in [3.05, 3.63) is 89.1 Å². The molecule has 4 heterocycles. The number of fused-ring (bicyclic) bond motifs is 1. The van der Waals surface area contributed by atoms with Crippen LogP contribution in [-0.2, 0) is 6.54 Å². The highest BCUT2D eigenvalue weighted by molar-refractivity contribution is 7.20. The van der Waals surface area contributed by atoms with Crippen molar-refractivity contribution in [2.45, 2.75) is 13.5 Å². The predicted molar refractivity (Wildman–Crippen MR) is 122 cm³/mol. The number of pyridine rings is 1. The van der Waals surface area contributed by atoms with Crippen LogP contribution in [0.1, 0.15) is 26.5 Å². The number of nitriles is 1. The van der Waals surface area contributed by atoms with E-state index in [0.29, 0.717) is 17.1 Å². The monoisotopic (exact) mass is 439 g/mol. The van der Waals surface area contributed by atoms with Gasteiger partial charge in [0.2, 0.25) is 0 Å². The molecule has 0 saturated carbocycles. The smallest absolute Gasteiger partial charge is 0.345 e. The molecule has 4 aromatic heterocycles. The number of benzene rings is 1. The highest BCUT2D eigenvalue weighted by Crippen LogP contribution is 2.36. The van der Waals surface area contributed by atoms with Gasteiger partial charge < -0.3 is 14.2 Å². The van der Waals surface area contributed by atoms with E-state index >= 15 is 0 Å². The van der Waals surface area contributed by atoms with E-state index in [9.17, 15) is 15.2 Å². The Labute approximate surface area is 187 Å². The fraction of sp³-hybridized carbons (Fsp3) is 0.0833. The lowest BCUT2D eigenvalue weighted by Crippen LogP contribution is -2.03. The van der Waals surface area contributed by atoms with E-state index in [2.05, 4.69) is 39.7 Å².